The molecule has 25 heavy (non-hydrogen) atoms. The number of rotatable bonds is 4. The van der Waals surface area contributed by atoms with Crippen LogP contribution in [0, 0.1) is 6.92 Å². The first kappa shape index (κ1) is 17.3. The third-order valence-electron chi connectivity index (χ3n) is 4.36. The topological polar surface area (TPSA) is 47.6 Å². The molecular weight excluding hydrogens is 314 g/mol. The van der Waals surface area contributed by atoms with Gasteiger partial charge in [0.15, 0.2) is 0 Å². The molecule has 2 aromatic rings. The van der Waals surface area contributed by atoms with Crippen LogP contribution in [0.25, 0.3) is 0 Å². The van der Waals surface area contributed by atoms with E-state index in [0.29, 0.717) is 12.2 Å². The van der Waals surface area contributed by atoms with Gasteiger partial charge in [-0.3, -0.25) is 4.79 Å². The minimum atomic E-state index is -0.320. The van der Waals surface area contributed by atoms with Gasteiger partial charge in [0.05, 0.1) is 12.6 Å². The van der Waals surface area contributed by atoms with Crippen LogP contribution >= 0.6 is 0 Å². The van der Waals surface area contributed by atoms with Crippen molar-refractivity contribution in [2.24, 2.45) is 0 Å². The molecule has 1 heterocycles. The van der Waals surface area contributed by atoms with E-state index in [9.17, 15) is 4.79 Å². The third-order valence-corrected chi connectivity index (χ3v) is 4.36. The van der Waals surface area contributed by atoms with Gasteiger partial charge in [-0.15, -0.1) is 0 Å². The second-order valence-electron chi connectivity index (χ2n) is 7.09. The minimum absolute atomic E-state index is 0.0716. The quantitative estimate of drug-likeness (QED) is 0.896. The predicted molar refractivity (Wildman–Crippen MR) is 98.3 cm³/mol. The van der Waals surface area contributed by atoms with E-state index in [1.807, 2.05) is 52.0 Å². The number of fused-ring (bicyclic) bond motifs is 1. The summed E-state index contributed by atoms with van der Waals surface area (Å²) in [5.74, 6) is 1.53. The molecule has 1 N–H and O–H groups in total. The summed E-state index contributed by atoms with van der Waals surface area (Å²) in [7, 11) is 0. The van der Waals surface area contributed by atoms with E-state index in [1.165, 1.54) is 0 Å². The molecule has 4 heteroatoms. The average molecular weight is 339 g/mol. The van der Waals surface area contributed by atoms with Crippen LogP contribution in [0.5, 0.6) is 11.5 Å². The maximum Gasteiger partial charge on any atom is 0.251 e. The summed E-state index contributed by atoms with van der Waals surface area (Å²) in [6, 6.07) is 13.3. The molecule has 0 aromatic heterocycles. The lowest BCUT2D eigenvalue weighted by atomic mass is 9.88. The Labute approximate surface area is 149 Å². The molecule has 132 valence electrons. The molecule has 1 aliphatic rings. The van der Waals surface area contributed by atoms with Gasteiger partial charge in [0.25, 0.3) is 5.91 Å². The zero-order valence-electron chi connectivity index (χ0n) is 15.3. The largest absolute Gasteiger partial charge is 0.494 e. The lowest BCUT2D eigenvalue weighted by Crippen LogP contribution is -2.41. The Morgan fingerprint density at radius 3 is 2.64 bits per heavy atom. The van der Waals surface area contributed by atoms with Gasteiger partial charge in [0.1, 0.15) is 17.1 Å². The Bertz CT molecular complexity index is 765. The van der Waals surface area contributed by atoms with Gasteiger partial charge in [-0.2, -0.15) is 0 Å². The fourth-order valence-electron chi connectivity index (χ4n) is 3.21. The van der Waals surface area contributed by atoms with Gasteiger partial charge < -0.3 is 14.8 Å². The van der Waals surface area contributed by atoms with E-state index < -0.39 is 0 Å². The van der Waals surface area contributed by atoms with E-state index in [2.05, 4.69) is 11.4 Å². The second-order valence-corrected chi connectivity index (χ2v) is 7.09. The molecule has 1 aliphatic heterocycles. The van der Waals surface area contributed by atoms with Gasteiger partial charge in [-0.1, -0.05) is 17.7 Å². The maximum absolute atomic E-state index is 12.7. The van der Waals surface area contributed by atoms with Gasteiger partial charge in [0.2, 0.25) is 0 Å². The van der Waals surface area contributed by atoms with E-state index in [-0.39, 0.29) is 17.6 Å². The van der Waals surface area contributed by atoms with Crippen LogP contribution in [0.2, 0.25) is 0 Å². The molecule has 0 aliphatic carbocycles. The van der Waals surface area contributed by atoms with Crippen LogP contribution in [-0.2, 0) is 0 Å². The van der Waals surface area contributed by atoms with Gasteiger partial charge in [0, 0.05) is 17.5 Å². The normalized spacial score (nSPS) is 18.0. The Morgan fingerprint density at radius 2 is 1.96 bits per heavy atom. The zero-order valence-corrected chi connectivity index (χ0v) is 15.3. The number of amides is 1. The fraction of sp³-hybridized carbons (Fsp3) is 0.381. The molecule has 0 fully saturated rings. The molecule has 2 aromatic carbocycles. The molecule has 0 bridgehead atoms. The Hall–Kier alpha value is -2.49. The summed E-state index contributed by atoms with van der Waals surface area (Å²) in [6.45, 7) is 8.69. The minimum Gasteiger partial charge on any atom is -0.494 e. The van der Waals surface area contributed by atoms with Crippen molar-refractivity contribution in [2.45, 2.75) is 45.8 Å². The average Bonchev–Trinajstić information content (AvgIpc) is 2.56. The molecule has 1 atom stereocenters. The molecule has 0 saturated carbocycles. The molecule has 1 unspecified atom stereocenters. The van der Waals surface area contributed by atoms with Crippen LogP contribution in [-0.4, -0.2) is 18.1 Å². The Kier molecular flexibility index (Phi) is 4.71. The first-order valence-electron chi connectivity index (χ1n) is 8.71. The number of benzene rings is 2. The van der Waals surface area contributed by atoms with Crippen molar-refractivity contribution in [3.8, 4) is 11.5 Å². The van der Waals surface area contributed by atoms with Crippen molar-refractivity contribution in [3.05, 3.63) is 59.2 Å². The van der Waals surface area contributed by atoms with Crippen LogP contribution in [0.4, 0.5) is 0 Å². The van der Waals surface area contributed by atoms with Crippen molar-refractivity contribution in [3.63, 3.8) is 0 Å². The van der Waals surface area contributed by atoms with Crippen molar-refractivity contribution in [1.82, 2.24) is 5.32 Å². The number of hydrogen-bond acceptors (Lipinski definition) is 3. The number of nitrogens with one attached hydrogen (secondary N) is 1. The predicted octanol–water partition coefficient (Wildman–Crippen LogP) is 4.43. The molecule has 0 saturated heterocycles. The number of hydrogen-bond donors (Lipinski definition) is 1. The van der Waals surface area contributed by atoms with Crippen molar-refractivity contribution in [2.75, 3.05) is 6.61 Å². The van der Waals surface area contributed by atoms with Crippen LogP contribution in [0.1, 0.15) is 54.7 Å². The summed E-state index contributed by atoms with van der Waals surface area (Å²) in [5.41, 5.74) is 2.50. The molecule has 0 spiro atoms. The highest BCUT2D eigenvalue weighted by atomic mass is 16.5. The Morgan fingerprint density at radius 1 is 1.24 bits per heavy atom. The zero-order chi connectivity index (χ0) is 18.0. The summed E-state index contributed by atoms with van der Waals surface area (Å²) in [5, 5.41) is 3.17. The van der Waals surface area contributed by atoms with Gasteiger partial charge >= 0.3 is 0 Å². The standard InChI is InChI=1S/C21H25NO3/c1-5-24-16-9-7-15(8-10-16)20(23)22-18-13-21(3,4)25-19-11-6-14(2)12-17(18)19/h6-12,18H,5,13H2,1-4H3,(H,22,23). The number of carbonyl (C=O) groups excluding carboxylic acids is 1. The van der Waals surface area contributed by atoms with E-state index in [1.54, 1.807) is 12.1 Å². The smallest absolute Gasteiger partial charge is 0.251 e. The summed E-state index contributed by atoms with van der Waals surface area (Å²) in [6.07, 6.45) is 0.728. The van der Waals surface area contributed by atoms with E-state index in [4.69, 9.17) is 9.47 Å². The maximum atomic E-state index is 12.7. The SMILES string of the molecule is CCOc1ccc(C(=O)NC2CC(C)(C)Oc3ccc(C)cc32)cc1. The van der Waals surface area contributed by atoms with Gasteiger partial charge in [-0.05, 0) is 58.0 Å². The molecule has 4 nitrogen and oxygen atoms in total. The molecule has 0 radical (unpaired) electrons. The van der Waals surface area contributed by atoms with E-state index in [0.717, 1.165) is 29.0 Å². The van der Waals surface area contributed by atoms with Crippen molar-refractivity contribution in [1.29, 1.82) is 0 Å². The number of carbonyl (C=O) groups is 1. The van der Waals surface area contributed by atoms with Crippen LogP contribution in [0.15, 0.2) is 42.5 Å². The van der Waals surface area contributed by atoms with Crippen LogP contribution < -0.4 is 14.8 Å². The van der Waals surface area contributed by atoms with Crippen LogP contribution in [0.3, 0.4) is 0 Å². The number of aryl methyl sites for hydroxylation is 1. The second kappa shape index (κ2) is 6.79. The van der Waals surface area contributed by atoms with Crippen molar-refractivity contribution < 1.29 is 14.3 Å². The summed E-state index contributed by atoms with van der Waals surface area (Å²) < 4.78 is 11.5. The van der Waals surface area contributed by atoms with Gasteiger partial charge in [-0.25, -0.2) is 0 Å². The summed E-state index contributed by atoms with van der Waals surface area (Å²) >= 11 is 0. The van der Waals surface area contributed by atoms with Crippen molar-refractivity contribution >= 4 is 5.91 Å². The summed E-state index contributed by atoms with van der Waals surface area (Å²) in [4.78, 5) is 12.7. The van der Waals surface area contributed by atoms with E-state index >= 15 is 0 Å². The first-order chi connectivity index (χ1) is 11.9. The highest BCUT2D eigenvalue weighted by molar-refractivity contribution is 5.94. The Balaban J connectivity index is 1.82. The molecule has 1 amide bonds. The highest BCUT2D eigenvalue weighted by Crippen LogP contribution is 2.40. The third kappa shape index (κ3) is 3.95. The first-order valence-corrected chi connectivity index (χ1v) is 8.71. The number of ether oxygens (including phenoxy) is 2. The monoisotopic (exact) mass is 339 g/mol. The fourth-order valence-corrected chi connectivity index (χ4v) is 3.21. The molecular formula is C21H25NO3. The lowest BCUT2D eigenvalue weighted by molar-refractivity contribution is 0.0619. The lowest BCUT2D eigenvalue weighted by Gasteiger charge is -2.38. The molecule has 3 rings (SSSR count). The highest BCUT2D eigenvalue weighted by Gasteiger charge is 2.34.